The van der Waals surface area contributed by atoms with Crippen LogP contribution in [-0.4, -0.2) is 40.5 Å². The molecule has 2 amide bonds. The molecule has 23 heavy (non-hydrogen) atoms. The highest BCUT2D eigenvalue weighted by molar-refractivity contribution is 8.14. The maximum atomic E-state index is 12.9. The van der Waals surface area contributed by atoms with E-state index in [4.69, 9.17) is 0 Å². The smallest absolute Gasteiger partial charge is 0.319 e. The summed E-state index contributed by atoms with van der Waals surface area (Å²) in [6.45, 7) is 5.51. The zero-order chi connectivity index (χ0) is 16.2. The maximum Gasteiger partial charge on any atom is 0.323 e. The first-order valence-electron chi connectivity index (χ1n) is 9.41. The Morgan fingerprint density at radius 1 is 1.13 bits per heavy atom. The Kier molecular flexibility index (Phi) is 5.89. The summed E-state index contributed by atoms with van der Waals surface area (Å²) in [5.41, 5.74) is 0. The average molecular weight is 338 g/mol. The van der Waals surface area contributed by atoms with Crippen LogP contribution in [0.2, 0.25) is 0 Å². The van der Waals surface area contributed by atoms with Gasteiger partial charge in [0.05, 0.1) is 6.54 Å². The van der Waals surface area contributed by atoms with Crippen LogP contribution >= 0.6 is 11.8 Å². The van der Waals surface area contributed by atoms with Crippen LogP contribution in [0.15, 0.2) is 4.99 Å². The van der Waals surface area contributed by atoms with Gasteiger partial charge in [0.1, 0.15) is 0 Å². The Balaban J connectivity index is 1.64. The Hall–Kier alpha value is -0.710. The summed E-state index contributed by atoms with van der Waals surface area (Å²) in [6, 6.07) is 0.987. The second-order valence-electron chi connectivity index (χ2n) is 7.62. The number of amidine groups is 1. The van der Waals surface area contributed by atoms with Gasteiger partial charge in [-0.2, -0.15) is 0 Å². The normalized spacial score (nSPS) is 28.9. The molecule has 0 radical (unpaired) electrons. The zero-order valence-electron chi connectivity index (χ0n) is 14.6. The summed E-state index contributed by atoms with van der Waals surface area (Å²) in [7, 11) is 0. The van der Waals surface area contributed by atoms with Gasteiger partial charge in [0, 0.05) is 17.8 Å². The van der Waals surface area contributed by atoms with Crippen molar-refractivity contribution < 1.29 is 4.79 Å². The first kappa shape index (κ1) is 17.1. The fourth-order valence-electron chi connectivity index (χ4n) is 4.43. The molecule has 2 fully saturated rings. The summed E-state index contributed by atoms with van der Waals surface area (Å²) >= 11 is 1.67. The van der Waals surface area contributed by atoms with Gasteiger partial charge < -0.3 is 4.90 Å². The van der Waals surface area contributed by atoms with E-state index >= 15 is 0 Å². The van der Waals surface area contributed by atoms with E-state index in [0.717, 1.165) is 29.3 Å². The third-order valence-corrected chi connectivity index (χ3v) is 6.72. The second-order valence-corrected chi connectivity index (χ2v) is 8.71. The standard InChI is InChI=1S/C18H31N3OS/c1-13(2)14-7-9-16(10-8-14)21(15-5-3-4-6-15)18(22)20-17-19-11-12-23-17/h13-16H,3-12H2,1-2H3,(H,19,20,22). The third kappa shape index (κ3) is 4.23. The van der Waals surface area contributed by atoms with E-state index in [9.17, 15) is 4.79 Å². The number of hydrogen-bond acceptors (Lipinski definition) is 3. The van der Waals surface area contributed by atoms with Crippen LogP contribution in [-0.2, 0) is 0 Å². The number of urea groups is 1. The first-order valence-corrected chi connectivity index (χ1v) is 10.4. The number of carbonyl (C=O) groups is 1. The number of nitrogens with zero attached hydrogens (tertiary/aromatic N) is 2. The van der Waals surface area contributed by atoms with Gasteiger partial charge in [-0.05, 0) is 50.4 Å². The molecular formula is C18H31N3OS. The van der Waals surface area contributed by atoms with Crippen LogP contribution in [0, 0.1) is 11.8 Å². The van der Waals surface area contributed by atoms with Gasteiger partial charge in [-0.1, -0.05) is 38.5 Å². The molecule has 2 aliphatic carbocycles. The molecule has 3 aliphatic rings. The second kappa shape index (κ2) is 7.91. The topological polar surface area (TPSA) is 44.7 Å². The van der Waals surface area contributed by atoms with Gasteiger partial charge in [-0.25, -0.2) is 4.79 Å². The largest absolute Gasteiger partial charge is 0.323 e. The summed E-state index contributed by atoms with van der Waals surface area (Å²) < 4.78 is 0. The van der Waals surface area contributed by atoms with E-state index in [1.165, 1.54) is 51.4 Å². The molecule has 0 spiro atoms. The predicted octanol–water partition coefficient (Wildman–Crippen LogP) is 4.26. The van der Waals surface area contributed by atoms with Crippen LogP contribution in [0.4, 0.5) is 4.79 Å². The average Bonchev–Trinajstić information content (AvgIpc) is 3.22. The van der Waals surface area contributed by atoms with Crippen LogP contribution in [0.25, 0.3) is 0 Å². The molecule has 130 valence electrons. The quantitative estimate of drug-likeness (QED) is 0.836. The predicted molar refractivity (Wildman–Crippen MR) is 98.0 cm³/mol. The Morgan fingerprint density at radius 2 is 1.78 bits per heavy atom. The molecule has 0 aromatic carbocycles. The van der Waals surface area contributed by atoms with Gasteiger partial charge in [0.15, 0.2) is 5.17 Å². The Labute approximate surface area is 144 Å². The number of nitrogens with one attached hydrogen (secondary N) is 1. The van der Waals surface area contributed by atoms with Gasteiger partial charge >= 0.3 is 6.03 Å². The van der Waals surface area contributed by atoms with E-state index in [0.29, 0.717) is 12.1 Å². The lowest BCUT2D eigenvalue weighted by molar-refractivity contribution is 0.108. The minimum absolute atomic E-state index is 0.109. The van der Waals surface area contributed by atoms with Crippen LogP contribution in [0.1, 0.15) is 65.2 Å². The van der Waals surface area contributed by atoms with E-state index in [1.807, 2.05) is 0 Å². The maximum absolute atomic E-state index is 12.9. The van der Waals surface area contributed by atoms with Crippen molar-refractivity contribution in [1.29, 1.82) is 0 Å². The van der Waals surface area contributed by atoms with Crippen molar-refractivity contribution in [2.75, 3.05) is 12.3 Å². The van der Waals surface area contributed by atoms with E-state index < -0.39 is 0 Å². The SMILES string of the molecule is CC(C)C1CCC(N(C(=O)NC2=NCCS2)C2CCCC2)CC1. The molecular weight excluding hydrogens is 306 g/mol. The van der Waals surface area contributed by atoms with E-state index in [-0.39, 0.29) is 6.03 Å². The summed E-state index contributed by atoms with van der Waals surface area (Å²) in [5.74, 6) is 2.61. The fourth-order valence-corrected chi connectivity index (χ4v) is 5.14. The van der Waals surface area contributed by atoms with Crippen molar-refractivity contribution in [3.8, 4) is 0 Å². The van der Waals surface area contributed by atoms with Gasteiger partial charge in [0.25, 0.3) is 0 Å². The lowest BCUT2D eigenvalue weighted by atomic mass is 9.79. The van der Waals surface area contributed by atoms with Crippen LogP contribution < -0.4 is 5.32 Å². The number of aliphatic imine (C=N–C) groups is 1. The Bertz CT molecular complexity index is 438. The van der Waals surface area contributed by atoms with Gasteiger partial charge in [0.2, 0.25) is 0 Å². The van der Waals surface area contributed by atoms with Crippen LogP contribution in [0.3, 0.4) is 0 Å². The molecule has 1 heterocycles. The number of thioether (sulfide) groups is 1. The number of carbonyl (C=O) groups excluding carboxylic acids is 1. The Morgan fingerprint density at radius 3 is 2.35 bits per heavy atom. The molecule has 0 aromatic heterocycles. The number of hydrogen-bond donors (Lipinski definition) is 1. The van der Waals surface area contributed by atoms with Gasteiger partial charge in [-0.3, -0.25) is 10.3 Å². The van der Waals surface area contributed by atoms with Crippen LogP contribution in [0.5, 0.6) is 0 Å². The van der Waals surface area contributed by atoms with Crippen molar-refractivity contribution in [2.45, 2.75) is 77.3 Å². The lowest BCUT2D eigenvalue weighted by Gasteiger charge is -2.41. The van der Waals surface area contributed by atoms with Crippen molar-refractivity contribution in [3.05, 3.63) is 0 Å². The van der Waals surface area contributed by atoms with Crippen molar-refractivity contribution >= 4 is 23.0 Å². The number of rotatable bonds is 3. The first-order chi connectivity index (χ1) is 11.1. The molecule has 5 heteroatoms. The molecule has 1 aliphatic heterocycles. The highest BCUT2D eigenvalue weighted by Gasteiger charge is 2.35. The van der Waals surface area contributed by atoms with E-state index in [1.54, 1.807) is 11.8 Å². The molecule has 0 atom stereocenters. The minimum Gasteiger partial charge on any atom is -0.319 e. The molecule has 0 aromatic rings. The van der Waals surface area contributed by atoms with Crippen molar-refractivity contribution in [3.63, 3.8) is 0 Å². The number of amides is 2. The summed E-state index contributed by atoms with van der Waals surface area (Å²) in [4.78, 5) is 19.5. The monoisotopic (exact) mass is 337 g/mol. The zero-order valence-corrected chi connectivity index (χ0v) is 15.4. The molecule has 0 saturated heterocycles. The third-order valence-electron chi connectivity index (χ3n) is 5.83. The fraction of sp³-hybridized carbons (Fsp3) is 0.889. The minimum atomic E-state index is 0.109. The molecule has 1 N–H and O–H groups in total. The molecule has 3 rings (SSSR count). The van der Waals surface area contributed by atoms with Crippen molar-refractivity contribution in [2.24, 2.45) is 16.8 Å². The summed E-state index contributed by atoms with van der Waals surface area (Å²) in [5, 5.41) is 3.91. The molecule has 4 nitrogen and oxygen atoms in total. The van der Waals surface area contributed by atoms with Crippen molar-refractivity contribution in [1.82, 2.24) is 10.2 Å². The van der Waals surface area contributed by atoms with E-state index in [2.05, 4.69) is 29.1 Å². The summed E-state index contributed by atoms with van der Waals surface area (Å²) in [6.07, 6.45) is 9.78. The molecule has 2 saturated carbocycles. The molecule has 0 bridgehead atoms. The van der Waals surface area contributed by atoms with Gasteiger partial charge in [-0.15, -0.1) is 0 Å². The highest BCUT2D eigenvalue weighted by atomic mass is 32.2. The lowest BCUT2D eigenvalue weighted by Crippen LogP contribution is -2.52. The highest BCUT2D eigenvalue weighted by Crippen LogP contribution is 2.35. The molecule has 0 unspecified atom stereocenters.